The highest BCUT2D eigenvalue weighted by Gasteiger charge is 2.43. The van der Waals surface area contributed by atoms with Crippen LogP contribution in [0.5, 0.6) is 0 Å². The highest BCUT2D eigenvalue weighted by atomic mass is 35.5. The second-order valence-electron chi connectivity index (χ2n) is 5.38. The monoisotopic (exact) mass is 347 g/mol. The van der Waals surface area contributed by atoms with E-state index in [1.165, 1.54) is 12.3 Å². The van der Waals surface area contributed by atoms with Gasteiger partial charge in [-0.05, 0) is 30.2 Å². The van der Waals surface area contributed by atoms with E-state index in [2.05, 4.69) is 0 Å². The molecule has 0 bridgehead atoms. The van der Waals surface area contributed by atoms with Crippen LogP contribution in [-0.2, 0) is 16.6 Å². The smallest absolute Gasteiger partial charge is 0.396 e. The van der Waals surface area contributed by atoms with E-state index in [-0.39, 0.29) is 12.2 Å². The van der Waals surface area contributed by atoms with Gasteiger partial charge in [0.1, 0.15) is 0 Å². The number of aryl methyl sites for hydroxylation is 1. The molecule has 1 heterocycles. The fraction of sp³-hybridized carbons (Fsp3) is 0.438. The molecule has 7 heteroatoms. The SMILES string of the molecule is CCCOC(=O)C[C@@H](c1cn(C)c2ccc(Cl)cc12)C(F)(F)F. The van der Waals surface area contributed by atoms with E-state index >= 15 is 0 Å². The molecule has 2 rings (SSSR count). The maximum absolute atomic E-state index is 13.5. The molecule has 0 unspecified atom stereocenters. The van der Waals surface area contributed by atoms with E-state index in [4.69, 9.17) is 16.3 Å². The first-order valence-corrected chi connectivity index (χ1v) is 7.58. The zero-order chi connectivity index (χ0) is 17.2. The number of hydrogen-bond donors (Lipinski definition) is 0. The minimum Gasteiger partial charge on any atom is -0.466 e. The van der Waals surface area contributed by atoms with Gasteiger partial charge in [0.2, 0.25) is 0 Å². The summed E-state index contributed by atoms with van der Waals surface area (Å²) in [5.41, 5.74) is 0.659. The topological polar surface area (TPSA) is 31.2 Å². The maximum Gasteiger partial charge on any atom is 0.396 e. The molecule has 126 valence electrons. The van der Waals surface area contributed by atoms with Crippen molar-refractivity contribution in [2.45, 2.75) is 31.9 Å². The summed E-state index contributed by atoms with van der Waals surface area (Å²) in [7, 11) is 1.66. The van der Waals surface area contributed by atoms with Crippen LogP contribution in [0.25, 0.3) is 10.9 Å². The summed E-state index contributed by atoms with van der Waals surface area (Å²) in [6, 6.07) is 4.76. The molecular weight excluding hydrogens is 331 g/mol. The Bertz CT molecular complexity index is 709. The predicted molar refractivity (Wildman–Crippen MR) is 82.6 cm³/mol. The van der Waals surface area contributed by atoms with Gasteiger partial charge in [-0.1, -0.05) is 18.5 Å². The van der Waals surface area contributed by atoms with Crippen molar-refractivity contribution in [1.82, 2.24) is 4.57 Å². The number of rotatable bonds is 5. The standard InChI is InChI=1S/C16H17ClF3NO2/c1-3-6-23-15(22)8-13(16(18,19)20)12-9-21(2)14-5-4-10(17)7-11(12)14/h4-5,7,9,13H,3,6,8H2,1-2H3/t13-/m0/s1. The van der Waals surface area contributed by atoms with Crippen LogP contribution in [0.2, 0.25) is 5.02 Å². The Morgan fingerprint density at radius 2 is 2.09 bits per heavy atom. The average molecular weight is 348 g/mol. The molecule has 0 saturated heterocycles. The van der Waals surface area contributed by atoms with E-state index in [1.54, 1.807) is 30.7 Å². The first kappa shape index (κ1) is 17.7. The highest BCUT2D eigenvalue weighted by Crippen LogP contribution is 2.41. The molecule has 23 heavy (non-hydrogen) atoms. The molecule has 0 aliphatic carbocycles. The molecule has 0 fully saturated rings. The number of esters is 1. The molecular formula is C16H17ClF3NO2. The molecule has 0 aliphatic rings. The maximum atomic E-state index is 13.5. The van der Waals surface area contributed by atoms with Crippen LogP contribution < -0.4 is 0 Å². The highest BCUT2D eigenvalue weighted by molar-refractivity contribution is 6.31. The van der Waals surface area contributed by atoms with Gasteiger partial charge in [-0.15, -0.1) is 0 Å². The van der Waals surface area contributed by atoms with Gasteiger partial charge in [0.05, 0.1) is 18.9 Å². The number of carbonyl (C=O) groups is 1. The summed E-state index contributed by atoms with van der Waals surface area (Å²) < 4.78 is 46.8. The van der Waals surface area contributed by atoms with Crippen molar-refractivity contribution in [2.24, 2.45) is 7.05 Å². The molecule has 0 N–H and O–H groups in total. The molecule has 2 aromatic rings. The lowest BCUT2D eigenvalue weighted by molar-refractivity contribution is -0.166. The van der Waals surface area contributed by atoms with E-state index < -0.39 is 24.5 Å². The van der Waals surface area contributed by atoms with Crippen LogP contribution >= 0.6 is 11.6 Å². The lowest BCUT2D eigenvalue weighted by atomic mass is 9.94. The van der Waals surface area contributed by atoms with Crippen molar-refractivity contribution in [3.05, 3.63) is 35.0 Å². The zero-order valence-corrected chi connectivity index (χ0v) is 13.5. The van der Waals surface area contributed by atoms with Gasteiger partial charge in [0.15, 0.2) is 0 Å². The Kier molecular flexibility index (Phi) is 5.24. The van der Waals surface area contributed by atoms with Crippen molar-refractivity contribution in [2.75, 3.05) is 6.61 Å². The van der Waals surface area contributed by atoms with Crippen LogP contribution in [0.1, 0.15) is 31.2 Å². The summed E-state index contributed by atoms with van der Waals surface area (Å²) in [5, 5.41) is 0.741. The Balaban J connectivity index is 2.44. The number of benzene rings is 1. The number of halogens is 4. The van der Waals surface area contributed by atoms with Gasteiger partial charge in [0.25, 0.3) is 0 Å². The van der Waals surface area contributed by atoms with Crippen LogP contribution in [-0.4, -0.2) is 23.3 Å². The fourth-order valence-electron chi connectivity index (χ4n) is 2.52. The van der Waals surface area contributed by atoms with E-state index in [0.717, 1.165) is 0 Å². The second kappa shape index (κ2) is 6.83. The van der Waals surface area contributed by atoms with Crippen LogP contribution in [0, 0.1) is 0 Å². The summed E-state index contributed by atoms with van der Waals surface area (Å²) >= 11 is 5.91. The summed E-state index contributed by atoms with van der Waals surface area (Å²) in [6.45, 7) is 1.89. The first-order valence-electron chi connectivity index (χ1n) is 7.20. The molecule has 0 spiro atoms. The van der Waals surface area contributed by atoms with Crippen molar-refractivity contribution in [1.29, 1.82) is 0 Å². The van der Waals surface area contributed by atoms with Crippen molar-refractivity contribution in [3.63, 3.8) is 0 Å². The van der Waals surface area contributed by atoms with Crippen LogP contribution in [0.15, 0.2) is 24.4 Å². The lowest BCUT2D eigenvalue weighted by Gasteiger charge is -2.19. The van der Waals surface area contributed by atoms with Crippen molar-refractivity contribution >= 4 is 28.5 Å². The van der Waals surface area contributed by atoms with Crippen LogP contribution in [0.4, 0.5) is 13.2 Å². The molecule has 1 aromatic heterocycles. The average Bonchev–Trinajstić information content (AvgIpc) is 2.77. The van der Waals surface area contributed by atoms with Gasteiger partial charge in [-0.25, -0.2) is 0 Å². The zero-order valence-electron chi connectivity index (χ0n) is 12.8. The first-order chi connectivity index (χ1) is 10.7. The van der Waals surface area contributed by atoms with Gasteiger partial charge < -0.3 is 9.30 Å². The second-order valence-corrected chi connectivity index (χ2v) is 5.81. The third-order valence-electron chi connectivity index (χ3n) is 3.59. The quantitative estimate of drug-likeness (QED) is 0.726. The fourth-order valence-corrected chi connectivity index (χ4v) is 2.69. The minimum atomic E-state index is -4.55. The molecule has 0 saturated carbocycles. The van der Waals surface area contributed by atoms with Gasteiger partial charge in [0, 0.05) is 29.2 Å². The summed E-state index contributed by atoms with van der Waals surface area (Å²) in [4.78, 5) is 11.7. The molecule has 1 atom stereocenters. The Morgan fingerprint density at radius 3 is 2.70 bits per heavy atom. The summed E-state index contributed by atoms with van der Waals surface area (Å²) in [5.74, 6) is -2.78. The van der Waals surface area contributed by atoms with E-state index in [0.29, 0.717) is 22.3 Å². The Hall–Kier alpha value is -1.69. The number of fused-ring (bicyclic) bond motifs is 1. The van der Waals surface area contributed by atoms with E-state index in [1.807, 2.05) is 0 Å². The van der Waals surface area contributed by atoms with Gasteiger partial charge in [-0.3, -0.25) is 4.79 Å². The minimum absolute atomic E-state index is 0.0333. The third kappa shape index (κ3) is 3.99. The van der Waals surface area contributed by atoms with Crippen LogP contribution in [0.3, 0.4) is 0 Å². The van der Waals surface area contributed by atoms with Gasteiger partial charge in [-0.2, -0.15) is 13.2 Å². The third-order valence-corrected chi connectivity index (χ3v) is 3.83. The Labute approximate surface area is 137 Å². The predicted octanol–water partition coefficient (Wildman–Crippen LogP) is 4.82. The van der Waals surface area contributed by atoms with Crippen molar-refractivity contribution < 1.29 is 22.7 Å². The lowest BCUT2D eigenvalue weighted by Crippen LogP contribution is -2.24. The number of aromatic nitrogens is 1. The largest absolute Gasteiger partial charge is 0.466 e. The van der Waals surface area contributed by atoms with Crippen molar-refractivity contribution in [3.8, 4) is 0 Å². The molecule has 0 aliphatic heterocycles. The van der Waals surface area contributed by atoms with E-state index in [9.17, 15) is 18.0 Å². The number of ether oxygens (including phenoxy) is 1. The number of carbonyl (C=O) groups excluding carboxylic acids is 1. The molecule has 3 nitrogen and oxygen atoms in total. The number of nitrogens with zero attached hydrogens (tertiary/aromatic N) is 1. The molecule has 1 aromatic carbocycles. The molecule has 0 amide bonds. The Morgan fingerprint density at radius 1 is 1.39 bits per heavy atom. The van der Waals surface area contributed by atoms with Gasteiger partial charge >= 0.3 is 12.1 Å². The summed E-state index contributed by atoms with van der Waals surface area (Å²) in [6.07, 6.45) is -3.34. The molecule has 0 radical (unpaired) electrons. The normalized spacial score (nSPS) is 13.3. The number of hydrogen-bond acceptors (Lipinski definition) is 2. The number of alkyl halides is 3.